The van der Waals surface area contributed by atoms with E-state index >= 15 is 0 Å². The lowest BCUT2D eigenvalue weighted by Crippen LogP contribution is -2.38. The Balaban J connectivity index is 1.70. The predicted octanol–water partition coefficient (Wildman–Crippen LogP) is 2.53. The number of aryl methyl sites for hydroxylation is 2. The summed E-state index contributed by atoms with van der Waals surface area (Å²) in [6.45, 7) is 4.83. The highest BCUT2D eigenvalue weighted by molar-refractivity contribution is 7.72. The van der Waals surface area contributed by atoms with E-state index < -0.39 is 10.7 Å². The van der Waals surface area contributed by atoms with Gasteiger partial charge in [0.25, 0.3) is 0 Å². The maximum atomic E-state index is 12.7. The lowest BCUT2D eigenvalue weighted by molar-refractivity contribution is -0.114. The largest absolute Gasteiger partial charge is 0.384 e. The van der Waals surface area contributed by atoms with Crippen LogP contribution >= 0.6 is 0 Å². The van der Waals surface area contributed by atoms with Crippen molar-refractivity contribution in [3.63, 3.8) is 0 Å². The number of carbonyl (C=O) groups excluding carboxylic acids is 1. The standard InChI is InChI=1S/C23H33N5O3S/c1-3-15(22(24)21(29)13-27(14-32(30)31)18-9-10-18)7-8-19-11-16-5-6-17(23(25)26)12-20(16)28(19)4-2/h5-6,11-12,15,18,24,32H,3-4,7-10,13-14H2,1-2H3,(H3,25,26)/t15-/m0/s1. The summed E-state index contributed by atoms with van der Waals surface area (Å²) < 4.78 is 24.5. The van der Waals surface area contributed by atoms with Crippen molar-refractivity contribution < 1.29 is 13.2 Å². The monoisotopic (exact) mass is 459 g/mol. The first-order valence-corrected chi connectivity index (χ1v) is 12.5. The Labute approximate surface area is 190 Å². The Morgan fingerprint density at radius 2 is 1.97 bits per heavy atom. The van der Waals surface area contributed by atoms with Crippen LogP contribution in [0.5, 0.6) is 0 Å². The highest BCUT2D eigenvalue weighted by Gasteiger charge is 2.32. The molecule has 1 aromatic carbocycles. The van der Waals surface area contributed by atoms with Crippen molar-refractivity contribution in [3.8, 4) is 0 Å². The Hall–Kier alpha value is -2.52. The molecule has 1 aromatic heterocycles. The predicted molar refractivity (Wildman–Crippen MR) is 128 cm³/mol. The van der Waals surface area contributed by atoms with Gasteiger partial charge in [-0.3, -0.25) is 15.1 Å². The minimum absolute atomic E-state index is 0.00631. The number of hydrogen-bond donors (Lipinski definition) is 4. The van der Waals surface area contributed by atoms with E-state index in [1.54, 1.807) is 4.90 Å². The van der Waals surface area contributed by atoms with Crippen LogP contribution in [0, 0.1) is 16.7 Å². The van der Waals surface area contributed by atoms with Gasteiger partial charge in [-0.15, -0.1) is 0 Å². The smallest absolute Gasteiger partial charge is 0.190 e. The summed E-state index contributed by atoms with van der Waals surface area (Å²) in [5.74, 6) is -0.519. The number of hydrogen-bond acceptors (Lipinski definition) is 6. The summed E-state index contributed by atoms with van der Waals surface area (Å²) in [5.41, 5.74) is 8.59. The zero-order valence-corrected chi connectivity index (χ0v) is 19.7. The Morgan fingerprint density at radius 1 is 1.25 bits per heavy atom. The van der Waals surface area contributed by atoms with Crippen LogP contribution in [0.3, 0.4) is 0 Å². The third-order valence-corrected chi connectivity index (χ3v) is 6.87. The average Bonchev–Trinajstić information content (AvgIpc) is 3.54. The molecule has 3 rings (SSSR count). The number of thiol groups is 1. The topological polar surface area (TPSA) is 133 Å². The molecule has 0 aliphatic heterocycles. The number of nitrogens with two attached hydrogens (primary N) is 1. The fraction of sp³-hybridized carbons (Fsp3) is 0.522. The molecule has 1 saturated carbocycles. The number of carbonyl (C=O) groups is 1. The lowest BCUT2D eigenvalue weighted by atomic mass is 9.91. The fourth-order valence-electron chi connectivity index (χ4n) is 4.31. The van der Waals surface area contributed by atoms with Crippen molar-refractivity contribution in [2.75, 3.05) is 12.4 Å². The minimum atomic E-state index is -2.58. The number of rotatable bonds is 13. The van der Waals surface area contributed by atoms with Gasteiger partial charge in [-0.1, -0.05) is 19.1 Å². The maximum absolute atomic E-state index is 12.7. The molecule has 4 N–H and O–H groups in total. The van der Waals surface area contributed by atoms with Gasteiger partial charge in [0.2, 0.25) is 0 Å². The first-order chi connectivity index (χ1) is 15.2. The molecule has 32 heavy (non-hydrogen) atoms. The molecule has 0 radical (unpaired) electrons. The van der Waals surface area contributed by atoms with Gasteiger partial charge in [0, 0.05) is 35.3 Å². The number of ketones is 1. The van der Waals surface area contributed by atoms with Gasteiger partial charge in [-0.2, -0.15) is 0 Å². The summed E-state index contributed by atoms with van der Waals surface area (Å²) in [6, 6.07) is 8.03. The highest BCUT2D eigenvalue weighted by Crippen LogP contribution is 2.27. The number of aromatic nitrogens is 1. The van der Waals surface area contributed by atoms with Crippen LogP contribution in [0.25, 0.3) is 10.9 Å². The normalized spacial score (nSPS) is 14.9. The zero-order valence-electron chi connectivity index (χ0n) is 18.8. The quantitative estimate of drug-likeness (QED) is 0.207. The number of Topliss-reactive ketones (excluding diaryl/α,β-unsaturated/α-hetero) is 1. The van der Waals surface area contributed by atoms with E-state index in [0.717, 1.165) is 42.4 Å². The van der Waals surface area contributed by atoms with Crippen molar-refractivity contribution >= 4 is 38.9 Å². The van der Waals surface area contributed by atoms with Gasteiger partial charge in [-0.05, 0) is 56.5 Å². The van der Waals surface area contributed by atoms with Crippen molar-refractivity contribution in [2.24, 2.45) is 11.7 Å². The Kier molecular flexibility index (Phi) is 7.84. The van der Waals surface area contributed by atoms with Gasteiger partial charge < -0.3 is 15.7 Å². The van der Waals surface area contributed by atoms with Crippen LogP contribution in [-0.4, -0.2) is 53.7 Å². The molecule has 1 atom stereocenters. The number of fused-ring (bicyclic) bond motifs is 1. The van der Waals surface area contributed by atoms with Crippen molar-refractivity contribution in [2.45, 2.75) is 58.5 Å². The van der Waals surface area contributed by atoms with Gasteiger partial charge in [0.15, 0.2) is 16.5 Å². The van der Waals surface area contributed by atoms with Gasteiger partial charge >= 0.3 is 0 Å². The molecular formula is C23H33N5O3S. The molecule has 1 aliphatic rings. The number of benzene rings is 1. The third kappa shape index (κ3) is 5.63. The number of nitrogens with zero attached hydrogens (tertiary/aromatic N) is 2. The molecule has 0 bridgehead atoms. The van der Waals surface area contributed by atoms with Crippen LogP contribution in [-0.2, 0) is 28.5 Å². The summed E-state index contributed by atoms with van der Waals surface area (Å²) >= 11 is 0. The number of amidine groups is 1. The second kappa shape index (κ2) is 10.4. The molecule has 2 aromatic rings. The van der Waals surface area contributed by atoms with Gasteiger partial charge in [0.05, 0.1) is 18.1 Å². The highest BCUT2D eigenvalue weighted by atomic mass is 32.2. The Bertz CT molecular complexity index is 1090. The molecule has 174 valence electrons. The van der Waals surface area contributed by atoms with E-state index in [1.165, 1.54) is 0 Å². The second-order valence-corrected chi connectivity index (χ2v) is 9.45. The molecule has 0 saturated heterocycles. The Morgan fingerprint density at radius 3 is 2.53 bits per heavy atom. The van der Waals surface area contributed by atoms with Crippen LogP contribution in [0.1, 0.15) is 50.8 Å². The van der Waals surface area contributed by atoms with Crippen LogP contribution in [0.2, 0.25) is 0 Å². The van der Waals surface area contributed by atoms with Crippen molar-refractivity contribution in [1.29, 1.82) is 10.8 Å². The number of nitrogens with one attached hydrogen (secondary N) is 2. The van der Waals surface area contributed by atoms with E-state index in [2.05, 4.69) is 17.6 Å². The average molecular weight is 460 g/mol. The molecular weight excluding hydrogens is 426 g/mol. The lowest BCUT2D eigenvalue weighted by Gasteiger charge is -2.21. The van der Waals surface area contributed by atoms with Gasteiger partial charge in [0.1, 0.15) is 5.84 Å². The molecule has 1 aliphatic carbocycles. The molecule has 1 fully saturated rings. The van der Waals surface area contributed by atoms with Crippen LogP contribution < -0.4 is 5.73 Å². The third-order valence-electron chi connectivity index (χ3n) is 6.27. The molecule has 0 amide bonds. The van der Waals surface area contributed by atoms with Crippen LogP contribution in [0.4, 0.5) is 0 Å². The molecule has 1 heterocycles. The summed E-state index contributed by atoms with van der Waals surface area (Å²) in [7, 11) is -2.58. The first kappa shape index (κ1) is 24.1. The second-order valence-electron chi connectivity index (χ2n) is 8.50. The number of nitrogen functional groups attached to an aromatic ring is 1. The summed E-state index contributed by atoms with van der Waals surface area (Å²) in [5, 5.41) is 17.2. The van der Waals surface area contributed by atoms with E-state index in [1.807, 2.05) is 25.1 Å². The maximum Gasteiger partial charge on any atom is 0.190 e. The van der Waals surface area contributed by atoms with E-state index in [-0.39, 0.29) is 41.7 Å². The van der Waals surface area contributed by atoms with E-state index in [4.69, 9.17) is 16.6 Å². The fourth-order valence-corrected chi connectivity index (χ4v) is 4.94. The molecule has 8 nitrogen and oxygen atoms in total. The molecule has 0 spiro atoms. The van der Waals surface area contributed by atoms with E-state index in [0.29, 0.717) is 18.4 Å². The SMILES string of the molecule is CC[C@@H](CCc1cc2ccc(C(=N)N)cc2n1CC)C(=N)C(=O)CN(C[SH](=O)=O)C1CC1. The van der Waals surface area contributed by atoms with E-state index in [9.17, 15) is 13.2 Å². The molecule has 9 heteroatoms. The minimum Gasteiger partial charge on any atom is -0.384 e. The zero-order chi connectivity index (χ0) is 23.4. The summed E-state index contributed by atoms with van der Waals surface area (Å²) in [6.07, 6.45) is 3.91. The first-order valence-electron chi connectivity index (χ1n) is 11.2. The van der Waals surface area contributed by atoms with Gasteiger partial charge in [-0.25, -0.2) is 8.42 Å². The van der Waals surface area contributed by atoms with Crippen LogP contribution in [0.15, 0.2) is 24.3 Å². The summed E-state index contributed by atoms with van der Waals surface area (Å²) in [4.78, 5) is 14.4. The van der Waals surface area contributed by atoms with Crippen molar-refractivity contribution in [3.05, 3.63) is 35.5 Å². The van der Waals surface area contributed by atoms with Crippen molar-refractivity contribution in [1.82, 2.24) is 9.47 Å². The molecule has 0 unspecified atom stereocenters.